The topological polar surface area (TPSA) is 88.5 Å². The molecule has 1 fully saturated rings. The van der Waals surface area contributed by atoms with Gasteiger partial charge in [0.05, 0.1) is 5.56 Å². The maximum absolute atomic E-state index is 12.2. The molecule has 2 N–H and O–H groups in total. The second kappa shape index (κ2) is 6.00. The lowest BCUT2D eigenvalue weighted by molar-refractivity contribution is 0.0696. The molecule has 1 aliphatic rings. The Hall–Kier alpha value is -1.95. The van der Waals surface area contributed by atoms with Crippen LogP contribution >= 0.6 is 0 Å². The third-order valence-corrected chi connectivity index (χ3v) is 3.71. The first kappa shape index (κ1) is 14.5. The minimum Gasteiger partial charge on any atom is -0.478 e. The fourth-order valence-electron chi connectivity index (χ4n) is 2.33. The van der Waals surface area contributed by atoms with Crippen LogP contribution in [0.2, 0.25) is 0 Å². The van der Waals surface area contributed by atoms with Crippen LogP contribution in [0.1, 0.15) is 46.5 Å². The van der Waals surface area contributed by atoms with Gasteiger partial charge in [-0.25, -0.2) is 4.79 Å². The second-order valence-corrected chi connectivity index (χ2v) is 5.07. The van der Waals surface area contributed by atoms with Gasteiger partial charge >= 0.3 is 5.97 Å². The van der Waals surface area contributed by atoms with E-state index in [0.29, 0.717) is 6.61 Å². The molecule has 1 aromatic rings. The number of pyridine rings is 1. The van der Waals surface area contributed by atoms with Crippen LogP contribution in [0.25, 0.3) is 0 Å². The van der Waals surface area contributed by atoms with Crippen molar-refractivity contribution in [1.82, 2.24) is 10.3 Å². The molecule has 0 aliphatic heterocycles. The van der Waals surface area contributed by atoms with E-state index in [2.05, 4.69) is 10.3 Å². The lowest BCUT2D eigenvalue weighted by Gasteiger charge is -2.42. The zero-order chi connectivity index (χ0) is 14.6. The fourth-order valence-corrected chi connectivity index (χ4v) is 2.33. The van der Waals surface area contributed by atoms with Crippen molar-refractivity contribution in [2.45, 2.75) is 31.2 Å². The Balaban J connectivity index is 2.07. The largest absolute Gasteiger partial charge is 0.478 e. The van der Waals surface area contributed by atoms with Gasteiger partial charge in [-0.15, -0.1) is 0 Å². The average molecular weight is 278 g/mol. The summed E-state index contributed by atoms with van der Waals surface area (Å²) in [5.41, 5.74) is -0.0353. The van der Waals surface area contributed by atoms with Gasteiger partial charge < -0.3 is 15.2 Å². The van der Waals surface area contributed by atoms with Crippen LogP contribution in [0.3, 0.4) is 0 Å². The highest BCUT2D eigenvalue weighted by molar-refractivity contribution is 5.96. The summed E-state index contributed by atoms with van der Waals surface area (Å²) in [5.74, 6) is -1.40. The Morgan fingerprint density at radius 2 is 2.25 bits per heavy atom. The number of ether oxygens (including phenoxy) is 1. The van der Waals surface area contributed by atoms with Gasteiger partial charge in [0.25, 0.3) is 5.91 Å². The number of nitrogens with one attached hydrogen (secondary N) is 1. The standard InChI is InChI=1S/C14H18N2O4/c1-20-8-6-14(4-2-5-14)16-12(17)11-9-10(13(18)19)3-7-15-11/h3,7,9H,2,4-6,8H2,1H3,(H,16,17)(H,18,19). The maximum Gasteiger partial charge on any atom is 0.335 e. The number of hydrogen-bond donors (Lipinski definition) is 2. The lowest BCUT2D eigenvalue weighted by atomic mass is 9.74. The van der Waals surface area contributed by atoms with E-state index >= 15 is 0 Å². The summed E-state index contributed by atoms with van der Waals surface area (Å²) in [6, 6.07) is 2.66. The molecule has 0 unspecified atom stereocenters. The van der Waals surface area contributed by atoms with E-state index in [9.17, 15) is 9.59 Å². The Morgan fingerprint density at radius 3 is 2.80 bits per heavy atom. The average Bonchev–Trinajstić information content (AvgIpc) is 2.41. The van der Waals surface area contributed by atoms with Gasteiger partial charge in [-0.1, -0.05) is 0 Å². The Morgan fingerprint density at radius 1 is 1.50 bits per heavy atom. The van der Waals surface area contributed by atoms with Gasteiger partial charge in [-0.3, -0.25) is 9.78 Å². The number of hydrogen-bond acceptors (Lipinski definition) is 4. The number of methoxy groups -OCH3 is 1. The van der Waals surface area contributed by atoms with Crippen LogP contribution in [-0.2, 0) is 4.74 Å². The number of carbonyl (C=O) groups excluding carboxylic acids is 1. The smallest absolute Gasteiger partial charge is 0.335 e. The molecule has 1 amide bonds. The number of carboxylic acids is 1. The molecular weight excluding hydrogens is 260 g/mol. The summed E-state index contributed by atoms with van der Waals surface area (Å²) in [7, 11) is 1.63. The molecular formula is C14H18N2O4. The van der Waals surface area contributed by atoms with Crippen LogP contribution in [0.5, 0.6) is 0 Å². The van der Waals surface area contributed by atoms with Crippen LogP contribution in [-0.4, -0.2) is 41.2 Å². The molecule has 1 aliphatic carbocycles. The zero-order valence-electron chi connectivity index (χ0n) is 11.4. The summed E-state index contributed by atoms with van der Waals surface area (Å²) in [5, 5.41) is 11.9. The molecule has 6 nitrogen and oxygen atoms in total. The molecule has 0 aromatic carbocycles. The van der Waals surface area contributed by atoms with Gasteiger partial charge in [-0.2, -0.15) is 0 Å². The minimum atomic E-state index is -1.07. The van der Waals surface area contributed by atoms with E-state index in [1.54, 1.807) is 7.11 Å². The number of aromatic nitrogens is 1. The molecule has 2 rings (SSSR count). The van der Waals surface area contributed by atoms with Crippen molar-refractivity contribution in [2.75, 3.05) is 13.7 Å². The monoisotopic (exact) mass is 278 g/mol. The van der Waals surface area contributed by atoms with Gasteiger partial charge in [0.15, 0.2) is 0 Å². The van der Waals surface area contributed by atoms with Crippen LogP contribution in [0.15, 0.2) is 18.3 Å². The first-order valence-corrected chi connectivity index (χ1v) is 6.57. The summed E-state index contributed by atoms with van der Waals surface area (Å²) in [4.78, 5) is 27.0. The molecule has 20 heavy (non-hydrogen) atoms. The van der Waals surface area contributed by atoms with Crippen LogP contribution in [0.4, 0.5) is 0 Å². The number of aromatic carboxylic acids is 1. The molecule has 1 saturated carbocycles. The van der Waals surface area contributed by atoms with E-state index in [4.69, 9.17) is 9.84 Å². The molecule has 0 saturated heterocycles. The maximum atomic E-state index is 12.2. The third kappa shape index (κ3) is 3.14. The van der Waals surface area contributed by atoms with Gasteiger partial charge in [0.2, 0.25) is 0 Å². The first-order valence-electron chi connectivity index (χ1n) is 6.57. The van der Waals surface area contributed by atoms with E-state index < -0.39 is 5.97 Å². The number of carboxylic acid groups (broad SMARTS) is 1. The third-order valence-electron chi connectivity index (χ3n) is 3.71. The minimum absolute atomic E-state index is 0.0599. The summed E-state index contributed by atoms with van der Waals surface area (Å²) < 4.78 is 5.07. The first-order chi connectivity index (χ1) is 9.56. The molecule has 6 heteroatoms. The normalized spacial score (nSPS) is 16.2. The van der Waals surface area contributed by atoms with Crippen molar-refractivity contribution in [1.29, 1.82) is 0 Å². The predicted octanol–water partition coefficient (Wildman–Crippen LogP) is 1.47. The molecule has 108 valence electrons. The molecule has 1 aromatic heterocycles. The van der Waals surface area contributed by atoms with E-state index in [1.165, 1.54) is 18.3 Å². The Kier molecular flexibility index (Phi) is 4.34. The lowest BCUT2D eigenvalue weighted by Crippen LogP contribution is -2.54. The molecule has 0 radical (unpaired) electrons. The molecule has 0 atom stereocenters. The summed E-state index contributed by atoms with van der Waals surface area (Å²) >= 11 is 0. The highest BCUT2D eigenvalue weighted by atomic mass is 16.5. The molecule has 1 heterocycles. The van der Waals surface area contributed by atoms with Crippen LogP contribution < -0.4 is 5.32 Å². The summed E-state index contributed by atoms with van der Waals surface area (Å²) in [6.45, 7) is 0.586. The zero-order valence-corrected chi connectivity index (χ0v) is 11.4. The number of nitrogens with zero attached hydrogens (tertiary/aromatic N) is 1. The van der Waals surface area contributed by atoms with E-state index in [0.717, 1.165) is 25.7 Å². The predicted molar refractivity (Wildman–Crippen MR) is 71.7 cm³/mol. The van der Waals surface area contributed by atoms with Crippen molar-refractivity contribution >= 4 is 11.9 Å². The number of rotatable bonds is 6. The highest BCUT2D eigenvalue weighted by Crippen LogP contribution is 2.35. The van der Waals surface area contributed by atoms with Gasteiger partial charge in [0.1, 0.15) is 5.69 Å². The van der Waals surface area contributed by atoms with E-state index in [1.807, 2.05) is 0 Å². The van der Waals surface area contributed by atoms with Crippen molar-refractivity contribution < 1.29 is 19.4 Å². The number of amides is 1. The fraction of sp³-hybridized carbons (Fsp3) is 0.500. The number of carbonyl (C=O) groups is 2. The van der Waals surface area contributed by atoms with Crippen molar-refractivity contribution in [3.8, 4) is 0 Å². The quantitative estimate of drug-likeness (QED) is 0.822. The summed E-state index contributed by atoms with van der Waals surface area (Å²) in [6.07, 6.45) is 5.00. The molecule has 0 bridgehead atoms. The van der Waals surface area contributed by atoms with Gasteiger partial charge in [-0.05, 0) is 37.8 Å². The Bertz CT molecular complexity index is 512. The SMILES string of the molecule is COCCC1(NC(=O)c2cc(C(=O)O)ccn2)CCC1. The van der Waals surface area contributed by atoms with Gasteiger partial charge in [0, 0.05) is 25.5 Å². The van der Waals surface area contributed by atoms with Crippen molar-refractivity contribution in [3.63, 3.8) is 0 Å². The molecule has 0 spiro atoms. The van der Waals surface area contributed by atoms with E-state index in [-0.39, 0.29) is 22.7 Å². The Labute approximate surface area is 117 Å². The second-order valence-electron chi connectivity index (χ2n) is 5.07. The van der Waals surface area contributed by atoms with Crippen molar-refractivity contribution in [2.24, 2.45) is 0 Å². The van der Waals surface area contributed by atoms with Crippen molar-refractivity contribution in [3.05, 3.63) is 29.6 Å². The highest BCUT2D eigenvalue weighted by Gasteiger charge is 2.38. The van der Waals surface area contributed by atoms with Crippen LogP contribution in [0, 0.1) is 0 Å².